The zero-order valence-corrected chi connectivity index (χ0v) is 17.2. The molecule has 2 aromatic heterocycles. The fourth-order valence-corrected chi connectivity index (χ4v) is 3.93. The highest BCUT2D eigenvalue weighted by Crippen LogP contribution is 2.29. The first kappa shape index (κ1) is 19.4. The number of methoxy groups -OCH3 is 1. The van der Waals surface area contributed by atoms with Crippen LogP contribution in [-0.4, -0.2) is 49.3 Å². The highest BCUT2D eigenvalue weighted by Gasteiger charge is 2.17. The summed E-state index contributed by atoms with van der Waals surface area (Å²) in [7, 11) is 1.58. The van der Waals surface area contributed by atoms with Crippen LogP contribution in [0.5, 0.6) is 5.75 Å². The molecule has 0 atom stereocenters. The molecule has 3 aromatic rings. The van der Waals surface area contributed by atoms with Gasteiger partial charge in [0.2, 0.25) is 0 Å². The maximum absolute atomic E-state index is 12.7. The molecule has 8 heteroatoms. The Morgan fingerprint density at radius 1 is 1.24 bits per heavy atom. The molecule has 0 radical (unpaired) electrons. The molecular weight excluding hydrogens is 388 g/mol. The van der Waals surface area contributed by atoms with E-state index in [0.717, 1.165) is 35.0 Å². The number of hydrogen-bond donors (Lipinski definition) is 1. The normalized spacial score (nSPS) is 13.9. The minimum Gasteiger partial charge on any atom is -0.495 e. The number of pyridine rings is 1. The molecule has 150 valence electrons. The summed E-state index contributed by atoms with van der Waals surface area (Å²) >= 11 is 1.44. The van der Waals surface area contributed by atoms with Crippen LogP contribution in [0.1, 0.15) is 16.1 Å². The van der Waals surface area contributed by atoms with Gasteiger partial charge in [-0.25, -0.2) is 9.97 Å². The highest BCUT2D eigenvalue weighted by molar-refractivity contribution is 7.13. The van der Waals surface area contributed by atoms with Crippen LogP contribution in [0.25, 0.3) is 10.6 Å². The molecule has 1 aliphatic heterocycles. The highest BCUT2D eigenvalue weighted by atomic mass is 32.1. The van der Waals surface area contributed by atoms with E-state index in [-0.39, 0.29) is 5.91 Å². The van der Waals surface area contributed by atoms with Gasteiger partial charge in [-0.1, -0.05) is 6.07 Å². The molecular formula is C21H22N4O3S. The van der Waals surface area contributed by atoms with Crippen LogP contribution in [0.2, 0.25) is 0 Å². The van der Waals surface area contributed by atoms with Gasteiger partial charge in [0, 0.05) is 30.2 Å². The second-order valence-electron chi connectivity index (χ2n) is 6.70. The lowest BCUT2D eigenvalue weighted by Crippen LogP contribution is -2.36. The lowest BCUT2D eigenvalue weighted by molar-refractivity contribution is 0.102. The summed E-state index contributed by atoms with van der Waals surface area (Å²) in [6, 6.07) is 9.57. The first-order valence-corrected chi connectivity index (χ1v) is 10.2. The molecule has 1 N–H and O–H groups in total. The second-order valence-corrected chi connectivity index (χ2v) is 7.56. The lowest BCUT2D eigenvalue weighted by Gasteiger charge is -2.27. The minimum atomic E-state index is -0.265. The van der Waals surface area contributed by atoms with Crippen LogP contribution in [0.4, 0.5) is 11.5 Å². The molecule has 1 saturated heterocycles. The molecule has 0 unspecified atom stereocenters. The van der Waals surface area contributed by atoms with E-state index >= 15 is 0 Å². The van der Waals surface area contributed by atoms with Gasteiger partial charge in [0.1, 0.15) is 22.3 Å². The smallest absolute Gasteiger partial charge is 0.275 e. The van der Waals surface area contributed by atoms with Gasteiger partial charge < -0.3 is 19.7 Å². The van der Waals surface area contributed by atoms with Gasteiger partial charge in [0.15, 0.2) is 0 Å². The number of aromatic nitrogens is 2. The van der Waals surface area contributed by atoms with Crippen LogP contribution < -0.4 is 15.0 Å². The molecule has 1 aliphatic rings. The number of carbonyl (C=O) groups is 1. The van der Waals surface area contributed by atoms with E-state index in [4.69, 9.17) is 9.47 Å². The Morgan fingerprint density at radius 2 is 2.07 bits per heavy atom. The van der Waals surface area contributed by atoms with Gasteiger partial charge in [0.25, 0.3) is 5.91 Å². The van der Waals surface area contributed by atoms with Gasteiger partial charge in [-0.2, -0.15) is 0 Å². The Balaban J connectivity index is 1.52. The van der Waals surface area contributed by atoms with Crippen molar-refractivity contribution in [1.29, 1.82) is 0 Å². The SMILES string of the molecule is COc1ccc(C)cc1NC(=O)c1csc(-c2ccnc(N3CCOCC3)c2)n1. The van der Waals surface area contributed by atoms with Crippen molar-refractivity contribution in [3.05, 3.63) is 53.2 Å². The van der Waals surface area contributed by atoms with Crippen molar-refractivity contribution in [2.75, 3.05) is 43.6 Å². The van der Waals surface area contributed by atoms with E-state index in [0.29, 0.717) is 30.3 Å². The van der Waals surface area contributed by atoms with Crippen molar-refractivity contribution in [2.45, 2.75) is 6.92 Å². The molecule has 29 heavy (non-hydrogen) atoms. The molecule has 1 aromatic carbocycles. The zero-order chi connectivity index (χ0) is 20.2. The monoisotopic (exact) mass is 410 g/mol. The predicted octanol–water partition coefficient (Wildman–Crippen LogP) is 3.61. The summed E-state index contributed by atoms with van der Waals surface area (Å²) in [5, 5.41) is 5.44. The number of amides is 1. The summed E-state index contributed by atoms with van der Waals surface area (Å²) in [6.45, 7) is 5.01. The molecule has 1 fully saturated rings. The summed E-state index contributed by atoms with van der Waals surface area (Å²) in [5.74, 6) is 1.25. The molecule has 0 bridgehead atoms. The molecule has 0 spiro atoms. The quantitative estimate of drug-likeness (QED) is 0.692. The third-order valence-corrected chi connectivity index (χ3v) is 5.56. The Kier molecular flexibility index (Phi) is 5.73. The van der Waals surface area contributed by atoms with E-state index < -0.39 is 0 Å². The number of rotatable bonds is 5. The average Bonchev–Trinajstić information content (AvgIpc) is 3.25. The Labute approximate surface area is 173 Å². The molecule has 1 amide bonds. The number of anilines is 2. The average molecular weight is 410 g/mol. The number of carbonyl (C=O) groups excluding carboxylic acids is 1. The first-order chi connectivity index (χ1) is 14.1. The van der Waals surface area contributed by atoms with Gasteiger partial charge in [0.05, 0.1) is 26.0 Å². The number of nitrogens with zero attached hydrogens (tertiary/aromatic N) is 3. The summed E-state index contributed by atoms with van der Waals surface area (Å²) < 4.78 is 10.7. The topological polar surface area (TPSA) is 76.6 Å². The number of ether oxygens (including phenoxy) is 2. The van der Waals surface area contributed by atoms with Crippen molar-refractivity contribution in [3.63, 3.8) is 0 Å². The Bertz CT molecular complexity index is 1010. The van der Waals surface area contributed by atoms with Gasteiger partial charge in [-0.15, -0.1) is 11.3 Å². The first-order valence-electron chi connectivity index (χ1n) is 9.34. The van der Waals surface area contributed by atoms with Crippen LogP contribution in [0.3, 0.4) is 0 Å². The minimum absolute atomic E-state index is 0.265. The van der Waals surface area contributed by atoms with E-state index in [9.17, 15) is 4.79 Å². The van der Waals surface area contributed by atoms with Crippen molar-refractivity contribution >= 4 is 28.7 Å². The van der Waals surface area contributed by atoms with Crippen LogP contribution in [0.15, 0.2) is 41.9 Å². The molecule has 3 heterocycles. The Hall–Kier alpha value is -2.97. The number of aryl methyl sites for hydroxylation is 1. The van der Waals surface area contributed by atoms with E-state index in [1.807, 2.05) is 37.3 Å². The van der Waals surface area contributed by atoms with Crippen molar-refractivity contribution in [2.24, 2.45) is 0 Å². The van der Waals surface area contributed by atoms with Crippen molar-refractivity contribution < 1.29 is 14.3 Å². The van der Waals surface area contributed by atoms with E-state index in [1.54, 1.807) is 18.7 Å². The van der Waals surface area contributed by atoms with E-state index in [1.165, 1.54) is 11.3 Å². The largest absolute Gasteiger partial charge is 0.495 e. The fourth-order valence-electron chi connectivity index (χ4n) is 3.13. The molecule has 0 saturated carbocycles. The lowest BCUT2D eigenvalue weighted by atomic mass is 10.2. The van der Waals surface area contributed by atoms with Crippen LogP contribution >= 0.6 is 11.3 Å². The van der Waals surface area contributed by atoms with E-state index in [2.05, 4.69) is 20.2 Å². The van der Waals surface area contributed by atoms with Crippen LogP contribution in [-0.2, 0) is 4.74 Å². The number of nitrogens with one attached hydrogen (secondary N) is 1. The maximum atomic E-state index is 12.7. The van der Waals surface area contributed by atoms with Gasteiger partial charge in [-0.05, 0) is 36.8 Å². The van der Waals surface area contributed by atoms with Gasteiger partial charge >= 0.3 is 0 Å². The molecule has 7 nitrogen and oxygen atoms in total. The number of benzene rings is 1. The molecule has 0 aliphatic carbocycles. The third-order valence-electron chi connectivity index (χ3n) is 4.67. The van der Waals surface area contributed by atoms with Crippen molar-refractivity contribution in [3.8, 4) is 16.3 Å². The van der Waals surface area contributed by atoms with Crippen LogP contribution in [0, 0.1) is 6.92 Å². The second kappa shape index (κ2) is 8.59. The summed E-state index contributed by atoms with van der Waals surface area (Å²) in [6.07, 6.45) is 1.78. The Morgan fingerprint density at radius 3 is 2.86 bits per heavy atom. The number of hydrogen-bond acceptors (Lipinski definition) is 7. The van der Waals surface area contributed by atoms with Crippen molar-refractivity contribution in [1.82, 2.24) is 9.97 Å². The standard InChI is InChI=1S/C21H22N4O3S/c1-14-3-4-18(27-2)16(11-14)23-20(26)17-13-29-21(24-17)15-5-6-22-19(12-15)25-7-9-28-10-8-25/h3-6,11-13H,7-10H2,1-2H3,(H,23,26). The number of morpholine rings is 1. The summed E-state index contributed by atoms with van der Waals surface area (Å²) in [5.41, 5.74) is 2.98. The van der Waals surface area contributed by atoms with Gasteiger partial charge in [-0.3, -0.25) is 4.79 Å². The predicted molar refractivity (Wildman–Crippen MR) is 114 cm³/mol. The zero-order valence-electron chi connectivity index (χ0n) is 16.3. The summed E-state index contributed by atoms with van der Waals surface area (Å²) in [4.78, 5) is 23.9. The third kappa shape index (κ3) is 4.38. The molecule has 4 rings (SSSR count). The number of thiazole rings is 1. The maximum Gasteiger partial charge on any atom is 0.275 e. The fraction of sp³-hybridized carbons (Fsp3) is 0.286.